The van der Waals surface area contributed by atoms with Crippen molar-refractivity contribution in [1.29, 1.82) is 0 Å². The van der Waals surface area contributed by atoms with E-state index in [0.29, 0.717) is 5.69 Å². The molecule has 0 aliphatic heterocycles. The summed E-state index contributed by atoms with van der Waals surface area (Å²) in [5.74, 6) is -1.09. The molecule has 0 radical (unpaired) electrons. The second kappa shape index (κ2) is 8.01. The first-order valence-corrected chi connectivity index (χ1v) is 6.45. The van der Waals surface area contributed by atoms with Crippen molar-refractivity contribution in [2.45, 2.75) is 26.5 Å². The highest BCUT2D eigenvalue weighted by Crippen LogP contribution is 2.11. The summed E-state index contributed by atoms with van der Waals surface area (Å²) in [4.78, 5) is 33.6. The maximum Gasteiger partial charge on any atom is 0.302 e. The van der Waals surface area contributed by atoms with Crippen LogP contribution >= 0.6 is 0 Å². The summed E-state index contributed by atoms with van der Waals surface area (Å²) in [6.45, 7) is 2.93. The van der Waals surface area contributed by atoms with Crippen LogP contribution in [-0.2, 0) is 25.7 Å². The quantitative estimate of drug-likeness (QED) is 0.647. The summed E-state index contributed by atoms with van der Waals surface area (Å²) in [7, 11) is 0. The first-order chi connectivity index (χ1) is 9.92. The van der Waals surface area contributed by atoms with Gasteiger partial charge in [0.05, 0.1) is 6.54 Å². The third-order valence-electron chi connectivity index (χ3n) is 2.62. The molecule has 1 atom stereocenters. The molecule has 21 heavy (non-hydrogen) atoms. The second-order valence-corrected chi connectivity index (χ2v) is 4.46. The fraction of sp³-hybridized carbons (Fsp3) is 0.357. The van der Waals surface area contributed by atoms with Gasteiger partial charge in [0.2, 0.25) is 11.8 Å². The molecule has 0 bridgehead atoms. The molecule has 4 N–H and O–H groups in total. The van der Waals surface area contributed by atoms with Gasteiger partial charge in [0, 0.05) is 12.6 Å². The zero-order valence-corrected chi connectivity index (χ0v) is 12.0. The predicted molar refractivity (Wildman–Crippen MR) is 77.2 cm³/mol. The van der Waals surface area contributed by atoms with Crippen LogP contribution in [0.1, 0.15) is 19.4 Å². The highest BCUT2D eigenvalue weighted by Gasteiger charge is 2.14. The zero-order chi connectivity index (χ0) is 15.8. The maximum absolute atomic E-state index is 11.8. The van der Waals surface area contributed by atoms with Gasteiger partial charge in [0.25, 0.3) is 0 Å². The monoisotopic (exact) mass is 293 g/mol. The molecule has 1 aromatic rings. The summed E-state index contributed by atoms with van der Waals surface area (Å²) in [5.41, 5.74) is 6.56. The fourth-order valence-corrected chi connectivity index (χ4v) is 1.49. The molecule has 7 nitrogen and oxygen atoms in total. The van der Waals surface area contributed by atoms with E-state index in [-0.39, 0.29) is 25.0 Å². The lowest BCUT2D eigenvalue weighted by molar-refractivity contribution is -0.142. The van der Waals surface area contributed by atoms with Crippen LogP contribution in [-0.4, -0.2) is 30.4 Å². The Morgan fingerprint density at radius 1 is 1.24 bits per heavy atom. The molecule has 1 rings (SSSR count). The minimum Gasteiger partial charge on any atom is -0.461 e. The Hall–Kier alpha value is -2.41. The van der Waals surface area contributed by atoms with Gasteiger partial charge in [0.15, 0.2) is 0 Å². The fourth-order valence-electron chi connectivity index (χ4n) is 1.49. The Morgan fingerprint density at radius 3 is 2.38 bits per heavy atom. The van der Waals surface area contributed by atoms with Crippen molar-refractivity contribution in [3.8, 4) is 0 Å². The molecule has 0 fully saturated rings. The van der Waals surface area contributed by atoms with Gasteiger partial charge in [-0.15, -0.1) is 0 Å². The Balaban J connectivity index is 2.53. The zero-order valence-electron chi connectivity index (χ0n) is 12.0. The SMILES string of the molecule is CC(=O)OCc1ccc(NC(=O)C(C)NC(=O)CN)cc1. The first-order valence-electron chi connectivity index (χ1n) is 6.45. The Kier molecular flexibility index (Phi) is 6.35. The first kappa shape index (κ1) is 16.6. The number of anilines is 1. The van der Waals surface area contributed by atoms with E-state index in [1.54, 1.807) is 31.2 Å². The van der Waals surface area contributed by atoms with Crippen LogP contribution in [0.3, 0.4) is 0 Å². The van der Waals surface area contributed by atoms with E-state index in [9.17, 15) is 14.4 Å². The van der Waals surface area contributed by atoms with Crippen molar-refractivity contribution in [2.24, 2.45) is 5.73 Å². The third-order valence-corrected chi connectivity index (χ3v) is 2.62. The van der Waals surface area contributed by atoms with Gasteiger partial charge in [-0.2, -0.15) is 0 Å². The average Bonchev–Trinajstić information content (AvgIpc) is 2.46. The molecule has 114 valence electrons. The third kappa shape index (κ3) is 6.05. The summed E-state index contributed by atoms with van der Waals surface area (Å²) < 4.78 is 4.86. The summed E-state index contributed by atoms with van der Waals surface area (Å²) in [6.07, 6.45) is 0. The number of benzene rings is 1. The van der Waals surface area contributed by atoms with Gasteiger partial charge in [-0.05, 0) is 24.6 Å². The molecule has 0 saturated heterocycles. The van der Waals surface area contributed by atoms with Crippen LogP contribution in [0.25, 0.3) is 0 Å². The standard InChI is InChI=1S/C14H19N3O4/c1-9(16-13(19)7-15)14(20)17-12-5-3-11(4-6-12)8-21-10(2)18/h3-6,9H,7-8,15H2,1-2H3,(H,16,19)(H,17,20). The number of esters is 1. The molecule has 0 aliphatic rings. The Labute approximate surface area is 122 Å². The van der Waals surface area contributed by atoms with E-state index in [0.717, 1.165) is 5.56 Å². The maximum atomic E-state index is 11.8. The molecule has 0 spiro atoms. The smallest absolute Gasteiger partial charge is 0.302 e. The number of ether oxygens (including phenoxy) is 1. The average molecular weight is 293 g/mol. The number of hydrogen-bond donors (Lipinski definition) is 3. The van der Waals surface area contributed by atoms with Gasteiger partial charge < -0.3 is 21.1 Å². The molecule has 0 aliphatic carbocycles. The molecular weight excluding hydrogens is 274 g/mol. The van der Waals surface area contributed by atoms with E-state index in [4.69, 9.17) is 10.5 Å². The number of nitrogens with two attached hydrogens (primary N) is 1. The number of rotatable bonds is 6. The lowest BCUT2D eigenvalue weighted by Gasteiger charge is -2.13. The molecule has 0 aromatic heterocycles. The van der Waals surface area contributed by atoms with Gasteiger partial charge in [0.1, 0.15) is 12.6 Å². The topological polar surface area (TPSA) is 111 Å². The Morgan fingerprint density at radius 2 is 1.86 bits per heavy atom. The predicted octanol–water partition coefficient (Wildman–Crippen LogP) is 0.152. The minimum atomic E-state index is -0.679. The lowest BCUT2D eigenvalue weighted by Crippen LogP contribution is -2.44. The van der Waals surface area contributed by atoms with Crippen molar-refractivity contribution in [3.05, 3.63) is 29.8 Å². The number of nitrogens with one attached hydrogen (secondary N) is 2. The van der Waals surface area contributed by atoms with Crippen LogP contribution in [0.5, 0.6) is 0 Å². The molecule has 2 amide bonds. The van der Waals surface area contributed by atoms with E-state index >= 15 is 0 Å². The largest absolute Gasteiger partial charge is 0.461 e. The molecule has 7 heteroatoms. The van der Waals surface area contributed by atoms with Gasteiger partial charge in [-0.25, -0.2) is 0 Å². The Bertz CT molecular complexity index is 513. The molecule has 1 unspecified atom stereocenters. The lowest BCUT2D eigenvalue weighted by atomic mass is 10.2. The molecule has 0 saturated carbocycles. The van der Waals surface area contributed by atoms with Crippen molar-refractivity contribution >= 4 is 23.5 Å². The van der Waals surface area contributed by atoms with Crippen LogP contribution in [0, 0.1) is 0 Å². The van der Waals surface area contributed by atoms with Crippen molar-refractivity contribution < 1.29 is 19.1 Å². The van der Waals surface area contributed by atoms with Gasteiger partial charge >= 0.3 is 5.97 Å². The van der Waals surface area contributed by atoms with Gasteiger partial charge in [-0.3, -0.25) is 14.4 Å². The van der Waals surface area contributed by atoms with E-state index in [1.807, 2.05) is 0 Å². The van der Waals surface area contributed by atoms with Crippen LogP contribution in [0.2, 0.25) is 0 Å². The molecule has 0 heterocycles. The number of hydrogen-bond acceptors (Lipinski definition) is 5. The number of carbonyl (C=O) groups is 3. The second-order valence-electron chi connectivity index (χ2n) is 4.46. The van der Waals surface area contributed by atoms with Crippen molar-refractivity contribution in [3.63, 3.8) is 0 Å². The van der Waals surface area contributed by atoms with Crippen LogP contribution in [0.4, 0.5) is 5.69 Å². The van der Waals surface area contributed by atoms with E-state index in [1.165, 1.54) is 6.92 Å². The molecule has 1 aromatic carbocycles. The highest BCUT2D eigenvalue weighted by molar-refractivity contribution is 5.97. The summed E-state index contributed by atoms with van der Waals surface area (Å²) >= 11 is 0. The molecular formula is C14H19N3O4. The van der Waals surface area contributed by atoms with Crippen LogP contribution < -0.4 is 16.4 Å². The van der Waals surface area contributed by atoms with E-state index in [2.05, 4.69) is 10.6 Å². The van der Waals surface area contributed by atoms with Crippen molar-refractivity contribution in [2.75, 3.05) is 11.9 Å². The van der Waals surface area contributed by atoms with Crippen LogP contribution in [0.15, 0.2) is 24.3 Å². The minimum absolute atomic E-state index is 0.164. The van der Waals surface area contributed by atoms with E-state index < -0.39 is 11.9 Å². The van der Waals surface area contributed by atoms with Crippen molar-refractivity contribution in [1.82, 2.24) is 5.32 Å². The summed E-state index contributed by atoms with van der Waals surface area (Å²) in [5, 5.41) is 5.12. The number of amides is 2. The highest BCUT2D eigenvalue weighted by atomic mass is 16.5. The normalized spacial score (nSPS) is 11.4. The summed E-state index contributed by atoms with van der Waals surface area (Å²) in [6, 6.07) is 6.17. The van der Waals surface area contributed by atoms with Gasteiger partial charge in [-0.1, -0.05) is 12.1 Å². The number of carbonyl (C=O) groups excluding carboxylic acids is 3.